The Balaban J connectivity index is 2.73. The Bertz CT molecular complexity index is 196. The van der Waals surface area contributed by atoms with Crippen molar-refractivity contribution in [2.24, 2.45) is 5.92 Å². The van der Waals surface area contributed by atoms with Crippen LogP contribution in [0.2, 0.25) is 0 Å². The van der Waals surface area contributed by atoms with Gasteiger partial charge in [-0.2, -0.15) is 0 Å². The van der Waals surface area contributed by atoms with Gasteiger partial charge in [-0.05, 0) is 13.3 Å². The van der Waals surface area contributed by atoms with Gasteiger partial charge in [-0.25, -0.2) is 0 Å². The average molecular weight is 153 g/mol. The Morgan fingerprint density at radius 1 is 1.64 bits per heavy atom. The third kappa shape index (κ3) is 1.82. The molecule has 0 fully saturated rings. The van der Waals surface area contributed by atoms with Gasteiger partial charge in [-0.1, -0.05) is 18.6 Å². The molecule has 1 heterocycles. The van der Waals surface area contributed by atoms with Crippen molar-refractivity contribution in [3.63, 3.8) is 0 Å². The minimum atomic E-state index is 0.166. The van der Waals surface area contributed by atoms with Gasteiger partial charge < -0.3 is 4.90 Å². The summed E-state index contributed by atoms with van der Waals surface area (Å²) in [4.78, 5) is 13.2. The smallest absolute Gasteiger partial charge is 0.225 e. The molecular weight excluding hydrogens is 138 g/mol. The third-order valence-electron chi connectivity index (χ3n) is 2.14. The van der Waals surface area contributed by atoms with Gasteiger partial charge in [0.1, 0.15) is 0 Å². The Hall–Kier alpha value is -0.790. The van der Waals surface area contributed by atoms with E-state index >= 15 is 0 Å². The molecule has 0 aromatic rings. The number of allylic oxidation sites excluding steroid dienone is 1. The van der Waals surface area contributed by atoms with Crippen molar-refractivity contribution in [3.8, 4) is 0 Å². The van der Waals surface area contributed by atoms with E-state index in [0.717, 1.165) is 13.0 Å². The van der Waals surface area contributed by atoms with Crippen molar-refractivity contribution in [2.45, 2.75) is 20.3 Å². The van der Waals surface area contributed by atoms with Gasteiger partial charge in [0.15, 0.2) is 0 Å². The molecule has 0 saturated carbocycles. The summed E-state index contributed by atoms with van der Waals surface area (Å²) in [5.41, 5.74) is 1.33. The summed E-state index contributed by atoms with van der Waals surface area (Å²) >= 11 is 0. The molecule has 0 aliphatic carbocycles. The van der Waals surface area contributed by atoms with Gasteiger partial charge in [-0.15, -0.1) is 0 Å². The van der Waals surface area contributed by atoms with E-state index in [-0.39, 0.29) is 11.8 Å². The average Bonchev–Trinajstić information content (AvgIpc) is 2.05. The van der Waals surface area contributed by atoms with Crippen LogP contribution in [0.4, 0.5) is 0 Å². The summed E-state index contributed by atoms with van der Waals surface area (Å²) in [7, 11) is 1.86. The minimum absolute atomic E-state index is 0.166. The number of likely N-dealkylation sites (N-methyl/N-ethyl adjacent to an activating group) is 1. The van der Waals surface area contributed by atoms with Gasteiger partial charge in [-0.3, -0.25) is 4.79 Å². The molecule has 2 nitrogen and oxygen atoms in total. The first-order valence-corrected chi connectivity index (χ1v) is 4.02. The molecule has 1 unspecified atom stereocenters. The molecule has 0 spiro atoms. The standard InChI is InChI=1S/C9H15NO/c1-7-4-5-10(3)9(11)8(2)6-7/h4,8H,5-6H2,1-3H3. The number of carbonyl (C=O) groups excluding carboxylic acids is 1. The van der Waals surface area contributed by atoms with Crippen LogP contribution in [0.25, 0.3) is 0 Å². The Morgan fingerprint density at radius 2 is 2.27 bits per heavy atom. The van der Waals surface area contributed by atoms with E-state index < -0.39 is 0 Å². The van der Waals surface area contributed by atoms with Crippen LogP contribution in [0.15, 0.2) is 11.6 Å². The van der Waals surface area contributed by atoms with Crippen molar-refractivity contribution in [3.05, 3.63) is 11.6 Å². The third-order valence-corrected chi connectivity index (χ3v) is 2.14. The first-order chi connectivity index (χ1) is 5.11. The van der Waals surface area contributed by atoms with E-state index in [0.29, 0.717) is 0 Å². The lowest BCUT2D eigenvalue weighted by Crippen LogP contribution is -2.30. The maximum atomic E-state index is 11.4. The number of amides is 1. The van der Waals surface area contributed by atoms with Crippen LogP contribution in [-0.2, 0) is 4.79 Å². The molecular formula is C9H15NO. The SMILES string of the molecule is CC1=CCN(C)C(=O)C(C)C1. The number of carbonyl (C=O) groups is 1. The van der Waals surface area contributed by atoms with Gasteiger partial charge in [0.05, 0.1) is 0 Å². The summed E-state index contributed by atoms with van der Waals surface area (Å²) in [6.45, 7) is 4.85. The van der Waals surface area contributed by atoms with Crippen LogP contribution < -0.4 is 0 Å². The Morgan fingerprint density at radius 3 is 2.91 bits per heavy atom. The molecule has 62 valence electrons. The van der Waals surface area contributed by atoms with E-state index in [4.69, 9.17) is 0 Å². The predicted molar refractivity (Wildman–Crippen MR) is 45.2 cm³/mol. The predicted octanol–water partition coefficient (Wildman–Crippen LogP) is 1.43. The van der Waals surface area contributed by atoms with Crippen LogP contribution in [0.3, 0.4) is 0 Å². The number of hydrogen-bond donors (Lipinski definition) is 0. The molecule has 1 aliphatic rings. The summed E-state index contributed by atoms with van der Waals surface area (Å²) < 4.78 is 0. The maximum Gasteiger partial charge on any atom is 0.225 e. The summed E-state index contributed by atoms with van der Waals surface area (Å²) in [6, 6.07) is 0. The van der Waals surface area contributed by atoms with E-state index in [1.807, 2.05) is 14.0 Å². The van der Waals surface area contributed by atoms with Crippen LogP contribution in [0.5, 0.6) is 0 Å². The van der Waals surface area contributed by atoms with Crippen LogP contribution >= 0.6 is 0 Å². The molecule has 2 heteroatoms. The molecule has 0 N–H and O–H groups in total. The Kier molecular flexibility index (Phi) is 2.32. The minimum Gasteiger partial charge on any atom is -0.342 e. The fourth-order valence-electron chi connectivity index (χ4n) is 1.41. The van der Waals surface area contributed by atoms with E-state index in [2.05, 4.69) is 13.0 Å². The highest BCUT2D eigenvalue weighted by Gasteiger charge is 2.19. The molecule has 1 atom stereocenters. The second-order valence-electron chi connectivity index (χ2n) is 3.37. The van der Waals surface area contributed by atoms with Crippen molar-refractivity contribution in [1.82, 2.24) is 4.90 Å². The molecule has 0 saturated heterocycles. The lowest BCUT2D eigenvalue weighted by molar-refractivity contribution is -0.132. The van der Waals surface area contributed by atoms with Crippen LogP contribution in [-0.4, -0.2) is 24.4 Å². The lowest BCUT2D eigenvalue weighted by atomic mass is 10.0. The molecule has 1 aliphatic heterocycles. The fraction of sp³-hybridized carbons (Fsp3) is 0.667. The van der Waals surface area contributed by atoms with Gasteiger partial charge >= 0.3 is 0 Å². The lowest BCUT2D eigenvalue weighted by Gasteiger charge is -2.16. The van der Waals surface area contributed by atoms with Gasteiger partial charge in [0.2, 0.25) is 5.91 Å². The van der Waals surface area contributed by atoms with E-state index in [9.17, 15) is 4.79 Å². The molecule has 0 aromatic carbocycles. The monoisotopic (exact) mass is 153 g/mol. The molecule has 0 bridgehead atoms. The number of hydrogen-bond acceptors (Lipinski definition) is 1. The Labute approximate surface area is 67.9 Å². The zero-order chi connectivity index (χ0) is 8.43. The number of rotatable bonds is 0. The van der Waals surface area contributed by atoms with Crippen molar-refractivity contribution < 1.29 is 4.79 Å². The summed E-state index contributed by atoms with van der Waals surface area (Å²) in [5.74, 6) is 0.428. The van der Waals surface area contributed by atoms with E-state index in [1.165, 1.54) is 5.57 Å². The molecule has 1 rings (SSSR count). The highest BCUT2D eigenvalue weighted by atomic mass is 16.2. The highest BCUT2D eigenvalue weighted by Crippen LogP contribution is 2.16. The zero-order valence-corrected chi connectivity index (χ0v) is 7.42. The van der Waals surface area contributed by atoms with Crippen molar-refractivity contribution >= 4 is 5.91 Å². The van der Waals surface area contributed by atoms with Crippen molar-refractivity contribution in [1.29, 1.82) is 0 Å². The zero-order valence-electron chi connectivity index (χ0n) is 7.42. The maximum absolute atomic E-state index is 11.4. The van der Waals surface area contributed by atoms with E-state index in [1.54, 1.807) is 4.90 Å². The summed E-state index contributed by atoms with van der Waals surface area (Å²) in [6.07, 6.45) is 3.05. The van der Waals surface area contributed by atoms with Gasteiger partial charge in [0.25, 0.3) is 0 Å². The largest absolute Gasteiger partial charge is 0.342 e. The van der Waals surface area contributed by atoms with Crippen molar-refractivity contribution in [2.75, 3.05) is 13.6 Å². The summed E-state index contributed by atoms with van der Waals surface area (Å²) in [5, 5.41) is 0. The first kappa shape index (κ1) is 8.31. The fourth-order valence-corrected chi connectivity index (χ4v) is 1.41. The molecule has 11 heavy (non-hydrogen) atoms. The van der Waals surface area contributed by atoms with Gasteiger partial charge in [0, 0.05) is 19.5 Å². The molecule has 0 aromatic heterocycles. The highest BCUT2D eigenvalue weighted by molar-refractivity contribution is 5.79. The second-order valence-corrected chi connectivity index (χ2v) is 3.37. The second kappa shape index (κ2) is 3.07. The van der Waals surface area contributed by atoms with Crippen LogP contribution in [0, 0.1) is 5.92 Å². The molecule has 1 amide bonds. The van der Waals surface area contributed by atoms with Crippen LogP contribution in [0.1, 0.15) is 20.3 Å². The normalized spacial score (nSPS) is 26.5. The number of nitrogens with zero attached hydrogens (tertiary/aromatic N) is 1. The molecule has 0 radical (unpaired) electrons. The topological polar surface area (TPSA) is 20.3 Å². The quantitative estimate of drug-likeness (QED) is 0.482. The first-order valence-electron chi connectivity index (χ1n) is 4.02.